The number of thioether (sulfide) groups is 1. The average molecular weight is 558 g/mol. The number of aryl methyl sites for hydroxylation is 1. The Labute approximate surface area is 243 Å². The van der Waals surface area contributed by atoms with Gasteiger partial charge in [-0.1, -0.05) is 106 Å². The van der Waals surface area contributed by atoms with E-state index in [9.17, 15) is 9.59 Å². The summed E-state index contributed by atoms with van der Waals surface area (Å²) < 4.78 is 1.89. The minimum atomic E-state index is -0.127. The van der Waals surface area contributed by atoms with Gasteiger partial charge in [0.2, 0.25) is 5.91 Å². The molecule has 5 nitrogen and oxygen atoms in total. The summed E-state index contributed by atoms with van der Waals surface area (Å²) in [5, 5.41) is 0.670. The second kappa shape index (κ2) is 13.2. The summed E-state index contributed by atoms with van der Waals surface area (Å²) in [5.41, 5.74) is 5.32. The molecule has 0 N–H and O–H groups in total. The normalized spacial score (nSPS) is 15.2. The molecule has 5 rings (SSSR count). The third kappa shape index (κ3) is 6.07. The first-order valence-electron chi connectivity index (χ1n) is 15.2. The van der Waals surface area contributed by atoms with E-state index in [0.29, 0.717) is 17.5 Å². The first kappa shape index (κ1) is 28.7. The van der Waals surface area contributed by atoms with Gasteiger partial charge in [0.15, 0.2) is 5.16 Å². The maximum atomic E-state index is 14.5. The van der Waals surface area contributed by atoms with Gasteiger partial charge in [-0.25, -0.2) is 4.98 Å². The Hall–Kier alpha value is -2.86. The number of benzene rings is 2. The zero-order valence-electron chi connectivity index (χ0n) is 24.2. The molecule has 212 valence electrons. The number of unbranched alkanes of at least 4 members (excludes halogenated alkanes) is 2. The van der Waals surface area contributed by atoms with Crippen LogP contribution in [0, 0.1) is 0 Å². The predicted octanol–water partition coefficient (Wildman–Crippen LogP) is 7.04. The van der Waals surface area contributed by atoms with E-state index in [1.54, 1.807) is 0 Å². The SMILES string of the molecule is CCCCN(CCCC)C(=O)CSc1nc2c(c(=O)n1CCc1ccccc1)C1(CCCC1)Cc1ccccc1-2. The lowest BCUT2D eigenvalue weighted by atomic mass is 9.68. The third-order valence-electron chi connectivity index (χ3n) is 8.73. The molecule has 6 heteroatoms. The highest BCUT2D eigenvalue weighted by atomic mass is 32.2. The highest BCUT2D eigenvalue weighted by Gasteiger charge is 2.44. The van der Waals surface area contributed by atoms with Crippen LogP contribution in [0.2, 0.25) is 0 Å². The topological polar surface area (TPSA) is 55.2 Å². The Morgan fingerprint density at radius 2 is 1.65 bits per heavy atom. The maximum Gasteiger partial charge on any atom is 0.258 e. The summed E-state index contributed by atoms with van der Waals surface area (Å²) in [6.07, 6.45) is 10.2. The minimum Gasteiger partial charge on any atom is -0.342 e. The molecule has 0 saturated heterocycles. The van der Waals surface area contributed by atoms with Crippen molar-refractivity contribution in [2.45, 2.75) is 95.2 Å². The lowest BCUT2D eigenvalue weighted by Crippen LogP contribution is -2.40. The molecule has 2 aromatic carbocycles. The Morgan fingerprint density at radius 1 is 0.975 bits per heavy atom. The summed E-state index contributed by atoms with van der Waals surface area (Å²) in [6.45, 7) is 6.48. The molecule has 1 spiro atoms. The molecule has 3 aromatic rings. The number of fused-ring (bicyclic) bond motifs is 4. The number of nitrogens with zero attached hydrogens (tertiary/aromatic N) is 3. The van der Waals surface area contributed by atoms with E-state index in [1.165, 1.54) is 22.9 Å². The van der Waals surface area contributed by atoms with E-state index in [0.717, 1.165) is 94.1 Å². The van der Waals surface area contributed by atoms with Gasteiger partial charge in [-0.15, -0.1) is 0 Å². The fourth-order valence-electron chi connectivity index (χ4n) is 6.51. The van der Waals surface area contributed by atoms with Gasteiger partial charge >= 0.3 is 0 Å². The second-order valence-electron chi connectivity index (χ2n) is 11.5. The van der Waals surface area contributed by atoms with Crippen molar-refractivity contribution in [1.82, 2.24) is 14.5 Å². The standard InChI is InChI=1S/C34H43N3O2S/c1-3-5-21-36(22-6-4-2)29(38)25-40-33-35-31-28-17-11-10-16-27(28)24-34(19-12-13-20-34)30(31)32(39)37(33)23-18-26-14-8-7-9-15-26/h7-11,14-17H,3-6,12-13,18-25H2,1-2H3. The van der Waals surface area contributed by atoms with Crippen molar-refractivity contribution < 1.29 is 4.79 Å². The molecule has 2 aliphatic rings. The van der Waals surface area contributed by atoms with Crippen LogP contribution < -0.4 is 5.56 Å². The van der Waals surface area contributed by atoms with Gasteiger partial charge in [0.1, 0.15) is 0 Å². The highest BCUT2D eigenvalue weighted by Crippen LogP contribution is 2.50. The van der Waals surface area contributed by atoms with Gasteiger partial charge < -0.3 is 4.90 Å². The Kier molecular flexibility index (Phi) is 9.46. The first-order chi connectivity index (χ1) is 19.6. The van der Waals surface area contributed by atoms with Gasteiger partial charge in [0.25, 0.3) is 5.56 Å². The molecule has 1 heterocycles. The average Bonchev–Trinajstić information content (AvgIpc) is 3.44. The fourth-order valence-corrected chi connectivity index (χ4v) is 7.44. The number of rotatable bonds is 12. The van der Waals surface area contributed by atoms with E-state index in [2.05, 4.69) is 44.2 Å². The van der Waals surface area contributed by atoms with Crippen molar-refractivity contribution in [3.05, 3.63) is 81.6 Å². The van der Waals surface area contributed by atoms with E-state index >= 15 is 0 Å². The summed E-state index contributed by atoms with van der Waals surface area (Å²) in [6, 6.07) is 18.8. The van der Waals surface area contributed by atoms with Gasteiger partial charge in [-0.05, 0) is 49.7 Å². The summed E-state index contributed by atoms with van der Waals surface area (Å²) in [7, 11) is 0. The predicted molar refractivity (Wildman–Crippen MR) is 165 cm³/mol. The van der Waals surface area contributed by atoms with Crippen LogP contribution in [0.25, 0.3) is 11.3 Å². The third-order valence-corrected chi connectivity index (χ3v) is 9.70. The monoisotopic (exact) mass is 557 g/mol. The number of hydrogen-bond donors (Lipinski definition) is 0. The van der Waals surface area contributed by atoms with E-state index in [1.807, 2.05) is 33.7 Å². The molecule has 0 aliphatic heterocycles. The largest absolute Gasteiger partial charge is 0.342 e. The minimum absolute atomic E-state index is 0.0982. The maximum absolute atomic E-state index is 14.5. The van der Waals surface area contributed by atoms with Crippen molar-refractivity contribution in [2.75, 3.05) is 18.8 Å². The first-order valence-corrected chi connectivity index (χ1v) is 16.2. The molecular weight excluding hydrogens is 514 g/mol. The van der Waals surface area contributed by atoms with E-state index in [4.69, 9.17) is 4.98 Å². The molecule has 1 aromatic heterocycles. The highest BCUT2D eigenvalue weighted by molar-refractivity contribution is 7.99. The molecule has 1 amide bonds. The number of carbonyl (C=O) groups excluding carboxylic acids is 1. The molecule has 0 atom stereocenters. The van der Waals surface area contributed by atoms with Crippen molar-refractivity contribution in [1.29, 1.82) is 0 Å². The molecule has 1 saturated carbocycles. The zero-order chi connectivity index (χ0) is 28.0. The van der Waals surface area contributed by atoms with Crippen molar-refractivity contribution in [3.8, 4) is 11.3 Å². The molecular formula is C34H43N3O2S. The summed E-state index contributed by atoms with van der Waals surface area (Å²) in [4.78, 5) is 35.2. The molecule has 1 fully saturated rings. The van der Waals surface area contributed by atoms with Crippen molar-refractivity contribution in [3.63, 3.8) is 0 Å². The number of amides is 1. The van der Waals surface area contributed by atoms with Crippen LogP contribution in [-0.2, 0) is 29.6 Å². The van der Waals surface area contributed by atoms with Gasteiger partial charge in [-0.3, -0.25) is 14.2 Å². The van der Waals surface area contributed by atoms with Crippen molar-refractivity contribution >= 4 is 17.7 Å². The van der Waals surface area contributed by atoms with Crippen LogP contribution in [0.4, 0.5) is 0 Å². The quantitative estimate of drug-likeness (QED) is 0.177. The van der Waals surface area contributed by atoms with Gasteiger partial charge in [-0.2, -0.15) is 0 Å². The lowest BCUT2D eigenvalue weighted by Gasteiger charge is -2.36. The van der Waals surface area contributed by atoms with Crippen LogP contribution in [-0.4, -0.2) is 39.2 Å². The van der Waals surface area contributed by atoms with Crippen LogP contribution in [0.1, 0.15) is 81.9 Å². The van der Waals surface area contributed by atoms with Crippen LogP contribution in [0.3, 0.4) is 0 Å². The van der Waals surface area contributed by atoms with E-state index < -0.39 is 0 Å². The Bertz CT molecular complexity index is 1350. The number of carbonyl (C=O) groups is 1. The smallest absolute Gasteiger partial charge is 0.258 e. The van der Waals surface area contributed by atoms with Crippen LogP contribution >= 0.6 is 11.8 Å². The van der Waals surface area contributed by atoms with Crippen LogP contribution in [0.5, 0.6) is 0 Å². The van der Waals surface area contributed by atoms with Crippen LogP contribution in [0.15, 0.2) is 64.5 Å². The molecule has 0 unspecified atom stereocenters. The number of aromatic nitrogens is 2. The fraction of sp³-hybridized carbons (Fsp3) is 0.500. The molecule has 0 radical (unpaired) electrons. The van der Waals surface area contributed by atoms with Gasteiger partial charge in [0.05, 0.1) is 17.0 Å². The lowest BCUT2D eigenvalue weighted by molar-refractivity contribution is -0.128. The zero-order valence-corrected chi connectivity index (χ0v) is 25.0. The number of hydrogen-bond acceptors (Lipinski definition) is 4. The summed E-state index contributed by atoms with van der Waals surface area (Å²) in [5.74, 6) is 0.442. The summed E-state index contributed by atoms with van der Waals surface area (Å²) >= 11 is 1.44. The Balaban J connectivity index is 1.53. The van der Waals surface area contributed by atoms with E-state index in [-0.39, 0.29) is 16.9 Å². The van der Waals surface area contributed by atoms with Crippen molar-refractivity contribution in [2.24, 2.45) is 0 Å². The van der Waals surface area contributed by atoms with Gasteiger partial charge in [0, 0.05) is 30.6 Å². The molecule has 2 aliphatic carbocycles. The molecule has 0 bridgehead atoms. The Morgan fingerprint density at radius 3 is 2.35 bits per heavy atom. The molecule has 40 heavy (non-hydrogen) atoms. The second-order valence-corrected chi connectivity index (χ2v) is 12.5.